The van der Waals surface area contributed by atoms with Crippen molar-refractivity contribution in [2.24, 2.45) is 0 Å². The van der Waals surface area contributed by atoms with Crippen LogP contribution >= 0.6 is 0 Å². The lowest BCUT2D eigenvalue weighted by atomic mass is 10.3. The second-order valence-corrected chi connectivity index (χ2v) is 8.01. The van der Waals surface area contributed by atoms with E-state index in [0.29, 0.717) is 11.6 Å². The van der Waals surface area contributed by atoms with Gasteiger partial charge in [0.1, 0.15) is 11.6 Å². The number of hydrogen-bond acceptors (Lipinski definition) is 6. The van der Waals surface area contributed by atoms with Gasteiger partial charge in [-0.1, -0.05) is 6.92 Å². The number of sulfonamides is 1. The van der Waals surface area contributed by atoms with Crippen molar-refractivity contribution in [3.8, 4) is 5.75 Å². The molecule has 7 nitrogen and oxygen atoms in total. The Morgan fingerprint density at radius 3 is 2.31 bits per heavy atom. The van der Waals surface area contributed by atoms with Crippen LogP contribution in [0.3, 0.4) is 0 Å². The third-order valence-corrected chi connectivity index (χ3v) is 5.57. The largest absolute Gasteiger partial charge is 0.490 e. The third kappa shape index (κ3) is 4.85. The Morgan fingerprint density at radius 2 is 1.69 bits per heavy atom. The predicted octanol–water partition coefficient (Wildman–Crippen LogP) is 3.42. The number of hydrogen-bond donors (Lipinski definition) is 2. The summed E-state index contributed by atoms with van der Waals surface area (Å²) in [5.74, 6) is 1.49. The van der Waals surface area contributed by atoms with Gasteiger partial charge in [0.25, 0.3) is 10.0 Å². The molecule has 1 aromatic carbocycles. The van der Waals surface area contributed by atoms with Gasteiger partial charge >= 0.3 is 0 Å². The number of aromatic nitrogens is 2. The summed E-state index contributed by atoms with van der Waals surface area (Å²) in [6.07, 6.45) is 5.71. The minimum atomic E-state index is -3.72. The lowest BCUT2D eigenvalue weighted by molar-refractivity contribution is 0.210. The maximum Gasteiger partial charge on any atom is 0.263 e. The molecular formula is C18H24N4O3S. The van der Waals surface area contributed by atoms with E-state index in [1.807, 2.05) is 6.92 Å². The zero-order valence-electron chi connectivity index (χ0n) is 14.8. The van der Waals surface area contributed by atoms with Crippen LogP contribution in [0, 0.1) is 0 Å². The first kappa shape index (κ1) is 18.4. The van der Waals surface area contributed by atoms with Crippen molar-refractivity contribution in [3.05, 3.63) is 36.4 Å². The average Bonchev–Trinajstić information content (AvgIpc) is 3.14. The molecule has 0 amide bonds. The molecule has 0 saturated heterocycles. The van der Waals surface area contributed by atoms with Gasteiger partial charge in [-0.2, -0.15) is 0 Å². The van der Waals surface area contributed by atoms with E-state index in [0.717, 1.165) is 25.8 Å². The molecule has 1 heterocycles. The van der Waals surface area contributed by atoms with Crippen LogP contribution in [-0.4, -0.2) is 31.3 Å². The molecule has 0 radical (unpaired) electrons. The summed E-state index contributed by atoms with van der Waals surface area (Å²) in [5.41, 5.74) is 0. The van der Waals surface area contributed by atoms with Crippen LogP contribution in [0.4, 0.5) is 11.6 Å². The van der Waals surface area contributed by atoms with E-state index in [1.165, 1.54) is 25.0 Å². The molecule has 2 aromatic rings. The SMILES string of the molecule is CCCNc1ccc(NS(=O)(=O)c2ccc(OC3CCCC3)cc2)nn1. The van der Waals surface area contributed by atoms with Crippen molar-refractivity contribution >= 4 is 21.7 Å². The van der Waals surface area contributed by atoms with E-state index < -0.39 is 10.0 Å². The average molecular weight is 376 g/mol. The van der Waals surface area contributed by atoms with Crippen molar-refractivity contribution in [3.63, 3.8) is 0 Å². The highest BCUT2D eigenvalue weighted by Gasteiger charge is 2.18. The quantitative estimate of drug-likeness (QED) is 0.733. The molecule has 1 aliphatic carbocycles. The number of ether oxygens (including phenoxy) is 1. The van der Waals surface area contributed by atoms with Crippen molar-refractivity contribution in [2.75, 3.05) is 16.6 Å². The molecule has 8 heteroatoms. The normalized spacial score (nSPS) is 15.0. The Labute approximate surface area is 154 Å². The zero-order chi connectivity index (χ0) is 18.4. The minimum Gasteiger partial charge on any atom is -0.490 e. The fraction of sp³-hybridized carbons (Fsp3) is 0.444. The summed E-state index contributed by atoms with van der Waals surface area (Å²) in [5, 5.41) is 10.9. The lowest BCUT2D eigenvalue weighted by Crippen LogP contribution is -2.15. The highest BCUT2D eigenvalue weighted by molar-refractivity contribution is 7.92. The van der Waals surface area contributed by atoms with Gasteiger partial charge in [0, 0.05) is 6.54 Å². The molecule has 0 aliphatic heterocycles. The first-order chi connectivity index (χ1) is 12.6. The molecule has 1 aliphatic rings. The highest BCUT2D eigenvalue weighted by atomic mass is 32.2. The van der Waals surface area contributed by atoms with Crippen molar-refractivity contribution in [2.45, 2.75) is 50.0 Å². The van der Waals surface area contributed by atoms with E-state index in [1.54, 1.807) is 24.3 Å². The van der Waals surface area contributed by atoms with Crippen LogP contribution in [0.1, 0.15) is 39.0 Å². The summed E-state index contributed by atoms with van der Waals surface area (Å²) in [4.78, 5) is 0.159. The fourth-order valence-corrected chi connectivity index (χ4v) is 3.82. The van der Waals surface area contributed by atoms with Crippen LogP contribution in [0.15, 0.2) is 41.3 Å². The molecule has 0 bridgehead atoms. The molecule has 0 spiro atoms. The summed E-state index contributed by atoms with van der Waals surface area (Å²) in [7, 11) is -3.72. The standard InChI is InChI=1S/C18H24N4O3S/c1-2-13-19-17-11-12-18(21-20-17)22-26(23,24)16-9-7-15(8-10-16)25-14-5-3-4-6-14/h7-12,14H,2-6,13H2,1H3,(H,19,20)(H,21,22). The molecule has 140 valence electrons. The van der Waals surface area contributed by atoms with E-state index >= 15 is 0 Å². The summed E-state index contributed by atoms with van der Waals surface area (Å²) in [6.45, 7) is 2.84. The number of nitrogens with zero attached hydrogens (tertiary/aromatic N) is 2. The van der Waals surface area contributed by atoms with Crippen molar-refractivity contribution < 1.29 is 13.2 Å². The topological polar surface area (TPSA) is 93.2 Å². The Bertz CT molecular complexity index is 801. The maximum atomic E-state index is 12.5. The van der Waals surface area contributed by atoms with Crippen LogP contribution in [0.5, 0.6) is 5.75 Å². The van der Waals surface area contributed by atoms with Gasteiger partial charge in [-0.25, -0.2) is 8.42 Å². The van der Waals surface area contributed by atoms with Crippen LogP contribution in [0.25, 0.3) is 0 Å². The smallest absolute Gasteiger partial charge is 0.263 e. The van der Waals surface area contributed by atoms with Crippen LogP contribution in [0.2, 0.25) is 0 Å². The third-order valence-electron chi connectivity index (χ3n) is 4.20. The van der Waals surface area contributed by atoms with Gasteiger partial charge in [-0.15, -0.1) is 10.2 Å². The van der Waals surface area contributed by atoms with Gasteiger partial charge in [0.05, 0.1) is 11.0 Å². The van der Waals surface area contributed by atoms with Crippen LogP contribution in [-0.2, 0) is 10.0 Å². The van der Waals surface area contributed by atoms with Crippen molar-refractivity contribution in [1.29, 1.82) is 0 Å². The monoisotopic (exact) mass is 376 g/mol. The molecule has 2 N–H and O–H groups in total. The summed E-state index contributed by atoms with van der Waals surface area (Å²) in [6, 6.07) is 9.74. The minimum absolute atomic E-state index is 0.159. The first-order valence-electron chi connectivity index (χ1n) is 8.94. The Kier molecular flexibility index (Phi) is 5.92. The molecular weight excluding hydrogens is 352 g/mol. The number of nitrogens with one attached hydrogen (secondary N) is 2. The first-order valence-corrected chi connectivity index (χ1v) is 10.4. The molecule has 0 unspecified atom stereocenters. The Balaban J connectivity index is 1.63. The van der Waals surface area contributed by atoms with E-state index in [2.05, 4.69) is 20.2 Å². The van der Waals surface area contributed by atoms with Gasteiger partial charge in [-0.05, 0) is 68.5 Å². The predicted molar refractivity (Wildman–Crippen MR) is 101 cm³/mol. The molecule has 3 rings (SSSR count). The van der Waals surface area contributed by atoms with Gasteiger partial charge in [-0.3, -0.25) is 4.72 Å². The Hall–Kier alpha value is -2.35. The molecule has 26 heavy (non-hydrogen) atoms. The van der Waals surface area contributed by atoms with Gasteiger partial charge in [0.15, 0.2) is 5.82 Å². The molecule has 0 atom stereocenters. The van der Waals surface area contributed by atoms with E-state index in [9.17, 15) is 8.42 Å². The summed E-state index contributed by atoms with van der Waals surface area (Å²) < 4.78 is 33.3. The van der Waals surface area contributed by atoms with Gasteiger partial charge in [0.2, 0.25) is 0 Å². The number of anilines is 2. The molecule has 1 aromatic heterocycles. The second-order valence-electron chi connectivity index (χ2n) is 6.33. The lowest BCUT2D eigenvalue weighted by Gasteiger charge is -2.13. The zero-order valence-corrected chi connectivity index (χ0v) is 15.6. The fourth-order valence-electron chi connectivity index (χ4n) is 2.83. The van der Waals surface area contributed by atoms with E-state index in [4.69, 9.17) is 4.74 Å². The van der Waals surface area contributed by atoms with E-state index in [-0.39, 0.29) is 16.8 Å². The molecule has 1 fully saturated rings. The summed E-state index contributed by atoms with van der Waals surface area (Å²) >= 11 is 0. The highest BCUT2D eigenvalue weighted by Crippen LogP contribution is 2.25. The van der Waals surface area contributed by atoms with Crippen molar-refractivity contribution in [1.82, 2.24) is 10.2 Å². The second kappa shape index (κ2) is 8.35. The number of benzene rings is 1. The maximum absolute atomic E-state index is 12.5. The molecule has 1 saturated carbocycles. The van der Waals surface area contributed by atoms with Gasteiger partial charge < -0.3 is 10.1 Å². The van der Waals surface area contributed by atoms with Crippen LogP contribution < -0.4 is 14.8 Å². The number of rotatable bonds is 8. The Morgan fingerprint density at radius 1 is 1.04 bits per heavy atom.